The molecule has 31 heavy (non-hydrogen) atoms. The number of rotatable bonds is 6. The minimum Gasteiger partial charge on any atom is -0.369 e. The van der Waals surface area contributed by atoms with Crippen LogP contribution in [0.4, 0.5) is 5.69 Å². The van der Waals surface area contributed by atoms with Crippen LogP contribution in [0.15, 0.2) is 54.6 Å². The first-order valence-corrected chi connectivity index (χ1v) is 11.7. The number of aryl methyl sites for hydroxylation is 4. The summed E-state index contributed by atoms with van der Waals surface area (Å²) in [6.45, 7) is 14.3. The molecule has 3 nitrogen and oxygen atoms in total. The Labute approximate surface area is 187 Å². The number of pyridine rings is 1. The lowest BCUT2D eigenvalue weighted by molar-refractivity contribution is 0.248. The van der Waals surface area contributed by atoms with Gasteiger partial charge in [0.25, 0.3) is 0 Å². The SMILES string of the molecule is CCc1cccc(CC)c1-c1cc(C)c(CN2CCN(c3ccccc3)CC2)c(C)n1. The average molecular weight is 414 g/mol. The second-order valence-electron chi connectivity index (χ2n) is 8.65. The molecule has 2 aromatic carbocycles. The molecule has 3 aromatic rings. The van der Waals surface area contributed by atoms with Gasteiger partial charge in [0.2, 0.25) is 0 Å². The number of benzene rings is 2. The van der Waals surface area contributed by atoms with Crippen LogP contribution in [-0.2, 0) is 19.4 Å². The van der Waals surface area contributed by atoms with Gasteiger partial charge in [-0.2, -0.15) is 0 Å². The van der Waals surface area contributed by atoms with E-state index >= 15 is 0 Å². The summed E-state index contributed by atoms with van der Waals surface area (Å²) in [5.74, 6) is 0. The normalized spacial score (nSPS) is 14.8. The molecule has 1 saturated heterocycles. The lowest BCUT2D eigenvalue weighted by atomic mass is 9.93. The zero-order valence-corrected chi connectivity index (χ0v) is 19.5. The third-order valence-electron chi connectivity index (χ3n) is 6.68. The van der Waals surface area contributed by atoms with Crippen LogP contribution in [-0.4, -0.2) is 36.1 Å². The minimum absolute atomic E-state index is 0.990. The van der Waals surface area contributed by atoms with Crippen LogP contribution in [0.2, 0.25) is 0 Å². The Hall–Kier alpha value is -2.65. The number of para-hydroxylation sites is 1. The molecule has 0 spiro atoms. The zero-order valence-electron chi connectivity index (χ0n) is 19.5. The van der Waals surface area contributed by atoms with Crippen molar-refractivity contribution in [1.82, 2.24) is 9.88 Å². The molecule has 0 amide bonds. The summed E-state index contributed by atoms with van der Waals surface area (Å²) in [6, 6.07) is 19.8. The van der Waals surface area contributed by atoms with Crippen LogP contribution >= 0.6 is 0 Å². The van der Waals surface area contributed by atoms with Crippen molar-refractivity contribution in [1.29, 1.82) is 0 Å². The Morgan fingerprint density at radius 2 is 1.45 bits per heavy atom. The van der Waals surface area contributed by atoms with Gasteiger partial charge in [-0.05, 0) is 67.1 Å². The molecule has 0 aliphatic carbocycles. The van der Waals surface area contributed by atoms with E-state index in [4.69, 9.17) is 4.98 Å². The smallest absolute Gasteiger partial charge is 0.0713 e. The van der Waals surface area contributed by atoms with Gasteiger partial charge >= 0.3 is 0 Å². The van der Waals surface area contributed by atoms with Gasteiger partial charge in [0, 0.05) is 49.7 Å². The standard InChI is InChI=1S/C28H35N3/c1-5-23-11-10-12-24(6-2)28(23)27-19-21(3)26(22(4)29-27)20-30-15-17-31(18-16-30)25-13-8-7-9-14-25/h7-14,19H,5-6,15-18,20H2,1-4H3. The minimum atomic E-state index is 0.990. The third-order valence-corrected chi connectivity index (χ3v) is 6.68. The van der Waals surface area contributed by atoms with Crippen molar-refractivity contribution in [3.63, 3.8) is 0 Å². The highest BCUT2D eigenvalue weighted by atomic mass is 15.3. The second kappa shape index (κ2) is 9.65. The van der Waals surface area contributed by atoms with E-state index in [1.807, 2.05) is 0 Å². The molecule has 0 radical (unpaired) electrons. The fourth-order valence-corrected chi connectivity index (χ4v) is 4.82. The fraction of sp³-hybridized carbons (Fsp3) is 0.393. The van der Waals surface area contributed by atoms with E-state index in [2.05, 4.69) is 92.1 Å². The topological polar surface area (TPSA) is 19.4 Å². The molecule has 1 fully saturated rings. The molecule has 0 saturated carbocycles. The lowest BCUT2D eigenvalue weighted by Gasteiger charge is -2.36. The maximum Gasteiger partial charge on any atom is 0.0713 e. The largest absolute Gasteiger partial charge is 0.369 e. The first-order valence-electron chi connectivity index (χ1n) is 11.7. The van der Waals surface area contributed by atoms with E-state index in [1.54, 1.807) is 0 Å². The molecule has 1 aliphatic rings. The zero-order chi connectivity index (χ0) is 21.8. The van der Waals surface area contributed by atoms with Gasteiger partial charge < -0.3 is 4.90 Å². The van der Waals surface area contributed by atoms with Gasteiger partial charge in [-0.15, -0.1) is 0 Å². The van der Waals surface area contributed by atoms with Crippen molar-refractivity contribution in [2.45, 2.75) is 47.1 Å². The Bertz CT molecular complexity index is 972. The predicted octanol–water partition coefficient (Wildman–Crippen LogP) is 5.81. The summed E-state index contributed by atoms with van der Waals surface area (Å²) in [7, 11) is 0. The molecule has 162 valence electrons. The van der Waals surface area contributed by atoms with Crippen molar-refractivity contribution in [2.24, 2.45) is 0 Å². The van der Waals surface area contributed by atoms with Crippen LogP contribution in [0.1, 0.15) is 41.8 Å². The van der Waals surface area contributed by atoms with Gasteiger partial charge in [-0.25, -0.2) is 0 Å². The van der Waals surface area contributed by atoms with Gasteiger partial charge in [0.1, 0.15) is 0 Å². The van der Waals surface area contributed by atoms with E-state index in [9.17, 15) is 0 Å². The Morgan fingerprint density at radius 3 is 2.03 bits per heavy atom. The first-order chi connectivity index (χ1) is 15.1. The van der Waals surface area contributed by atoms with E-state index in [-0.39, 0.29) is 0 Å². The number of nitrogens with zero attached hydrogens (tertiary/aromatic N) is 3. The van der Waals surface area contributed by atoms with E-state index in [1.165, 1.54) is 39.2 Å². The fourth-order valence-electron chi connectivity index (χ4n) is 4.82. The molecule has 0 N–H and O–H groups in total. The van der Waals surface area contributed by atoms with Crippen LogP contribution in [0, 0.1) is 13.8 Å². The molecular weight excluding hydrogens is 378 g/mol. The number of aromatic nitrogens is 1. The highest BCUT2D eigenvalue weighted by Crippen LogP contribution is 2.30. The summed E-state index contributed by atoms with van der Waals surface area (Å²) >= 11 is 0. The van der Waals surface area contributed by atoms with E-state index in [0.717, 1.165) is 51.3 Å². The van der Waals surface area contributed by atoms with Crippen LogP contribution in [0.5, 0.6) is 0 Å². The molecule has 0 unspecified atom stereocenters. The Balaban J connectivity index is 1.52. The van der Waals surface area contributed by atoms with E-state index in [0.29, 0.717) is 0 Å². The summed E-state index contributed by atoms with van der Waals surface area (Å²) in [5, 5.41) is 0. The number of hydrogen-bond donors (Lipinski definition) is 0. The maximum absolute atomic E-state index is 5.11. The summed E-state index contributed by atoms with van der Waals surface area (Å²) in [4.78, 5) is 10.2. The van der Waals surface area contributed by atoms with Crippen molar-refractivity contribution in [3.8, 4) is 11.3 Å². The number of piperazine rings is 1. The lowest BCUT2D eigenvalue weighted by Crippen LogP contribution is -2.46. The molecular formula is C28H35N3. The monoisotopic (exact) mass is 413 g/mol. The van der Waals surface area contributed by atoms with Crippen LogP contribution in [0.3, 0.4) is 0 Å². The number of hydrogen-bond acceptors (Lipinski definition) is 3. The average Bonchev–Trinajstić information content (AvgIpc) is 2.81. The molecule has 4 rings (SSSR count). The van der Waals surface area contributed by atoms with Crippen molar-refractivity contribution in [2.75, 3.05) is 31.1 Å². The number of anilines is 1. The van der Waals surface area contributed by atoms with Gasteiger partial charge in [0.15, 0.2) is 0 Å². The Kier molecular flexibility index (Phi) is 6.72. The Morgan fingerprint density at radius 1 is 0.806 bits per heavy atom. The highest BCUT2D eigenvalue weighted by Gasteiger charge is 2.20. The quantitative estimate of drug-likeness (QED) is 0.508. The molecule has 3 heteroatoms. The van der Waals surface area contributed by atoms with Gasteiger partial charge in [0.05, 0.1) is 5.69 Å². The van der Waals surface area contributed by atoms with Gasteiger partial charge in [-0.3, -0.25) is 9.88 Å². The van der Waals surface area contributed by atoms with Crippen molar-refractivity contribution < 1.29 is 0 Å². The van der Waals surface area contributed by atoms with Crippen molar-refractivity contribution >= 4 is 5.69 Å². The summed E-state index contributed by atoms with van der Waals surface area (Å²) < 4.78 is 0. The predicted molar refractivity (Wildman–Crippen MR) is 132 cm³/mol. The van der Waals surface area contributed by atoms with Gasteiger partial charge in [-0.1, -0.05) is 50.2 Å². The van der Waals surface area contributed by atoms with E-state index < -0.39 is 0 Å². The first kappa shape index (κ1) is 21.6. The summed E-state index contributed by atoms with van der Waals surface area (Å²) in [5.41, 5.74) is 10.6. The highest BCUT2D eigenvalue weighted by molar-refractivity contribution is 5.69. The molecule has 0 bridgehead atoms. The van der Waals surface area contributed by atoms with Crippen LogP contribution in [0.25, 0.3) is 11.3 Å². The molecule has 1 aliphatic heterocycles. The molecule has 0 atom stereocenters. The summed E-state index contributed by atoms with van der Waals surface area (Å²) in [6.07, 6.45) is 2.08. The molecule has 2 heterocycles. The van der Waals surface area contributed by atoms with Crippen LogP contribution < -0.4 is 4.90 Å². The second-order valence-corrected chi connectivity index (χ2v) is 8.65. The maximum atomic E-state index is 5.11. The van der Waals surface area contributed by atoms with Crippen molar-refractivity contribution in [3.05, 3.63) is 82.5 Å². The third kappa shape index (κ3) is 4.67. The molecule has 1 aromatic heterocycles.